The number of para-hydroxylation sites is 1. The molecule has 0 aliphatic carbocycles. The Balaban J connectivity index is 1.97. The summed E-state index contributed by atoms with van der Waals surface area (Å²) in [5, 5.41) is 11.2. The molecule has 2 rings (SSSR count). The van der Waals surface area contributed by atoms with E-state index in [1.165, 1.54) is 16.7 Å². The summed E-state index contributed by atoms with van der Waals surface area (Å²) in [6, 6.07) is 7.43. The SMILES string of the molecule is C[C@H](CN(C)C(=O)C[C@@H]1Sc2ccccc2NC1=O)C(=O)O. The number of thioether (sulfide) groups is 1. The number of benzene rings is 1. The van der Waals surface area contributed by atoms with Gasteiger partial charge in [-0.2, -0.15) is 0 Å². The van der Waals surface area contributed by atoms with Crippen molar-refractivity contribution in [1.82, 2.24) is 4.90 Å². The first-order valence-corrected chi connectivity index (χ1v) is 7.79. The molecule has 118 valence electrons. The van der Waals surface area contributed by atoms with Gasteiger partial charge in [0.1, 0.15) is 0 Å². The highest BCUT2D eigenvalue weighted by atomic mass is 32.2. The third kappa shape index (κ3) is 3.79. The molecule has 7 heteroatoms. The molecule has 1 aliphatic rings. The second-order valence-corrected chi connectivity index (χ2v) is 6.55. The summed E-state index contributed by atoms with van der Waals surface area (Å²) in [6.07, 6.45) is 0.0493. The van der Waals surface area contributed by atoms with Crippen LogP contribution in [0.15, 0.2) is 29.2 Å². The fourth-order valence-electron chi connectivity index (χ4n) is 2.13. The Labute approximate surface area is 132 Å². The number of rotatable bonds is 5. The predicted octanol–water partition coefficient (Wildman–Crippen LogP) is 1.67. The third-order valence-corrected chi connectivity index (χ3v) is 4.74. The number of nitrogens with zero attached hydrogens (tertiary/aromatic N) is 1. The van der Waals surface area contributed by atoms with Crippen LogP contribution in [0.3, 0.4) is 0 Å². The lowest BCUT2D eigenvalue weighted by Gasteiger charge is -2.26. The Morgan fingerprint density at radius 3 is 2.77 bits per heavy atom. The first-order valence-electron chi connectivity index (χ1n) is 6.91. The lowest BCUT2D eigenvalue weighted by Crippen LogP contribution is -2.38. The molecule has 2 N–H and O–H groups in total. The quantitative estimate of drug-likeness (QED) is 0.861. The van der Waals surface area contributed by atoms with Crippen LogP contribution in [0.25, 0.3) is 0 Å². The number of carbonyl (C=O) groups excluding carboxylic acids is 2. The molecule has 2 amide bonds. The van der Waals surface area contributed by atoms with Crippen molar-refractivity contribution < 1.29 is 19.5 Å². The van der Waals surface area contributed by atoms with Gasteiger partial charge in [-0.3, -0.25) is 14.4 Å². The van der Waals surface area contributed by atoms with Crippen LogP contribution in [0.2, 0.25) is 0 Å². The topological polar surface area (TPSA) is 86.7 Å². The third-order valence-electron chi connectivity index (χ3n) is 3.46. The van der Waals surface area contributed by atoms with Crippen LogP contribution in [0.1, 0.15) is 13.3 Å². The predicted molar refractivity (Wildman–Crippen MR) is 83.8 cm³/mol. The average molecular weight is 322 g/mol. The first-order chi connectivity index (χ1) is 10.4. The summed E-state index contributed by atoms with van der Waals surface area (Å²) in [5.74, 6) is -2.02. The minimum Gasteiger partial charge on any atom is -0.481 e. The number of aliphatic carboxylic acids is 1. The van der Waals surface area contributed by atoms with Crippen LogP contribution in [-0.2, 0) is 14.4 Å². The molecule has 1 aromatic carbocycles. The van der Waals surface area contributed by atoms with Gasteiger partial charge in [0.15, 0.2) is 0 Å². The summed E-state index contributed by atoms with van der Waals surface area (Å²) in [6.45, 7) is 1.67. The van der Waals surface area contributed by atoms with Crippen molar-refractivity contribution in [3.8, 4) is 0 Å². The molecule has 0 radical (unpaired) electrons. The summed E-state index contributed by atoms with van der Waals surface area (Å²) >= 11 is 1.36. The molecular weight excluding hydrogens is 304 g/mol. The van der Waals surface area contributed by atoms with Crippen LogP contribution < -0.4 is 5.32 Å². The second kappa shape index (κ2) is 6.83. The molecule has 0 saturated heterocycles. The van der Waals surface area contributed by atoms with Crippen molar-refractivity contribution in [1.29, 1.82) is 0 Å². The Morgan fingerprint density at radius 1 is 1.41 bits per heavy atom. The lowest BCUT2D eigenvalue weighted by atomic mass is 10.1. The second-order valence-electron chi connectivity index (χ2n) is 5.31. The van der Waals surface area contributed by atoms with Gasteiger partial charge in [-0.1, -0.05) is 19.1 Å². The Morgan fingerprint density at radius 2 is 2.09 bits per heavy atom. The molecule has 22 heavy (non-hydrogen) atoms. The summed E-state index contributed by atoms with van der Waals surface area (Å²) in [4.78, 5) is 37.3. The number of hydrogen-bond donors (Lipinski definition) is 2. The molecule has 0 unspecified atom stereocenters. The molecule has 1 aliphatic heterocycles. The smallest absolute Gasteiger partial charge is 0.308 e. The van der Waals surface area contributed by atoms with Gasteiger partial charge in [0.2, 0.25) is 11.8 Å². The maximum atomic E-state index is 12.2. The van der Waals surface area contributed by atoms with E-state index in [2.05, 4.69) is 5.32 Å². The molecular formula is C15H18N2O4S. The molecule has 0 spiro atoms. The highest BCUT2D eigenvalue weighted by molar-refractivity contribution is 8.01. The van der Waals surface area contributed by atoms with Crippen molar-refractivity contribution >= 4 is 35.2 Å². The number of amides is 2. The molecule has 1 heterocycles. The number of anilines is 1. The van der Waals surface area contributed by atoms with Crippen molar-refractivity contribution in [3.05, 3.63) is 24.3 Å². The molecule has 0 aromatic heterocycles. The van der Waals surface area contributed by atoms with E-state index in [1.807, 2.05) is 24.3 Å². The van der Waals surface area contributed by atoms with E-state index in [9.17, 15) is 14.4 Å². The van der Waals surface area contributed by atoms with E-state index in [0.717, 1.165) is 10.6 Å². The number of hydrogen-bond acceptors (Lipinski definition) is 4. The van der Waals surface area contributed by atoms with Crippen molar-refractivity contribution in [2.45, 2.75) is 23.5 Å². The summed E-state index contributed by atoms with van der Waals surface area (Å²) in [5.41, 5.74) is 0.758. The van der Waals surface area contributed by atoms with Gasteiger partial charge in [0, 0.05) is 24.9 Å². The Kier molecular flexibility index (Phi) is 5.07. The lowest BCUT2D eigenvalue weighted by molar-refractivity contribution is -0.142. The van der Waals surface area contributed by atoms with Gasteiger partial charge in [-0.25, -0.2) is 0 Å². The largest absolute Gasteiger partial charge is 0.481 e. The number of carbonyl (C=O) groups is 3. The van der Waals surface area contributed by atoms with Crippen LogP contribution in [0.5, 0.6) is 0 Å². The molecule has 6 nitrogen and oxygen atoms in total. The Bertz CT molecular complexity index is 605. The number of fused-ring (bicyclic) bond motifs is 1. The minimum atomic E-state index is -0.946. The van der Waals surface area contributed by atoms with Gasteiger partial charge >= 0.3 is 5.97 Å². The standard InChI is InChI=1S/C15H18N2O4S/c1-9(15(20)21)8-17(2)13(18)7-12-14(19)16-10-5-3-4-6-11(10)22-12/h3-6,9,12H,7-8H2,1-2H3,(H,16,19)(H,20,21)/t9-,12+/m1/s1. The molecule has 0 fully saturated rings. The maximum Gasteiger partial charge on any atom is 0.308 e. The average Bonchev–Trinajstić information content (AvgIpc) is 2.47. The molecule has 0 saturated carbocycles. The first kappa shape index (κ1) is 16.4. The number of carboxylic acid groups (broad SMARTS) is 1. The Hall–Kier alpha value is -2.02. The fraction of sp³-hybridized carbons (Fsp3) is 0.400. The van der Waals surface area contributed by atoms with Crippen LogP contribution in [0.4, 0.5) is 5.69 Å². The minimum absolute atomic E-state index is 0.0493. The highest BCUT2D eigenvalue weighted by Gasteiger charge is 2.30. The van der Waals surface area contributed by atoms with Crippen LogP contribution in [-0.4, -0.2) is 46.6 Å². The van der Waals surface area contributed by atoms with Crippen molar-refractivity contribution in [2.75, 3.05) is 18.9 Å². The normalized spacial score (nSPS) is 18.1. The fourth-order valence-corrected chi connectivity index (χ4v) is 3.23. The van der Waals surface area contributed by atoms with E-state index in [-0.39, 0.29) is 24.8 Å². The van der Waals surface area contributed by atoms with Gasteiger partial charge < -0.3 is 15.3 Å². The van der Waals surface area contributed by atoms with E-state index < -0.39 is 17.1 Å². The van der Waals surface area contributed by atoms with E-state index in [4.69, 9.17) is 5.11 Å². The van der Waals surface area contributed by atoms with E-state index in [1.54, 1.807) is 14.0 Å². The van der Waals surface area contributed by atoms with Crippen molar-refractivity contribution in [3.63, 3.8) is 0 Å². The van der Waals surface area contributed by atoms with Gasteiger partial charge in [0.05, 0.1) is 16.9 Å². The molecule has 2 atom stereocenters. The zero-order valence-corrected chi connectivity index (χ0v) is 13.2. The van der Waals surface area contributed by atoms with Gasteiger partial charge in [0.25, 0.3) is 0 Å². The number of nitrogens with one attached hydrogen (secondary N) is 1. The van der Waals surface area contributed by atoms with E-state index in [0.29, 0.717) is 0 Å². The molecule has 1 aromatic rings. The van der Waals surface area contributed by atoms with Gasteiger partial charge in [-0.05, 0) is 12.1 Å². The zero-order valence-electron chi connectivity index (χ0n) is 12.4. The molecule has 0 bridgehead atoms. The highest BCUT2D eigenvalue weighted by Crippen LogP contribution is 2.36. The van der Waals surface area contributed by atoms with Crippen LogP contribution >= 0.6 is 11.8 Å². The maximum absolute atomic E-state index is 12.2. The zero-order chi connectivity index (χ0) is 16.3. The van der Waals surface area contributed by atoms with Crippen molar-refractivity contribution in [2.24, 2.45) is 5.92 Å². The van der Waals surface area contributed by atoms with Crippen LogP contribution in [0, 0.1) is 5.92 Å². The summed E-state index contributed by atoms with van der Waals surface area (Å²) in [7, 11) is 1.56. The van der Waals surface area contributed by atoms with Gasteiger partial charge in [-0.15, -0.1) is 11.8 Å². The summed E-state index contributed by atoms with van der Waals surface area (Å²) < 4.78 is 0. The van der Waals surface area contributed by atoms with E-state index >= 15 is 0 Å². The number of carboxylic acids is 1. The monoisotopic (exact) mass is 322 g/mol.